The highest BCUT2D eigenvalue weighted by Gasteiger charge is 2.32. The van der Waals surface area contributed by atoms with Gasteiger partial charge in [0.05, 0.1) is 10.6 Å². The molecule has 1 aliphatic rings. The molecule has 0 amide bonds. The predicted octanol–water partition coefficient (Wildman–Crippen LogP) is 10.5. The zero-order chi connectivity index (χ0) is 38.2. The van der Waals surface area contributed by atoms with Crippen LogP contribution < -0.4 is 20.3 Å². The Morgan fingerprint density at radius 1 is 0.849 bits per heavy atom. The van der Waals surface area contributed by atoms with Crippen molar-refractivity contribution in [3.63, 3.8) is 0 Å². The van der Waals surface area contributed by atoms with Crippen molar-refractivity contribution < 1.29 is 26.0 Å². The number of halogens is 5. The van der Waals surface area contributed by atoms with Crippen LogP contribution >= 0.6 is 35.3 Å². The average Bonchev–Trinajstić information content (AvgIpc) is 3.42. The number of aromatic nitrogens is 1. The molecule has 53 heavy (non-hydrogen) atoms. The molecule has 6 rings (SSSR count). The third kappa shape index (κ3) is 8.88. The van der Waals surface area contributed by atoms with Crippen LogP contribution in [0.2, 0.25) is 5.02 Å². The Hall–Kier alpha value is -3.98. The van der Waals surface area contributed by atoms with Gasteiger partial charge in [0.25, 0.3) is 0 Å². The fraction of sp³-hybridized carbons (Fsp3) is 0.263. The fourth-order valence-electron chi connectivity index (χ4n) is 6.72. The van der Waals surface area contributed by atoms with Gasteiger partial charge in [-0.05, 0) is 128 Å². The van der Waals surface area contributed by atoms with E-state index in [9.17, 15) is 21.6 Å². The van der Waals surface area contributed by atoms with Crippen LogP contribution in [0.5, 0.6) is 0 Å². The Balaban J connectivity index is 1.20. The Morgan fingerprint density at radius 3 is 2.06 bits per heavy atom. The van der Waals surface area contributed by atoms with Gasteiger partial charge < -0.3 is 24.8 Å². The number of nitrogens with zero attached hydrogens (tertiary/aromatic N) is 3. The molecule has 1 fully saturated rings. The number of hydrogen-bond donors (Lipinski definition) is 2. The Labute approximate surface area is 320 Å². The third-order valence-corrected chi connectivity index (χ3v) is 12.1. The highest BCUT2D eigenvalue weighted by molar-refractivity contribution is 8.01. The van der Waals surface area contributed by atoms with Crippen LogP contribution in [0.15, 0.2) is 99.6 Å². The minimum atomic E-state index is -4.43. The van der Waals surface area contributed by atoms with Crippen LogP contribution in [0.25, 0.3) is 22.4 Å². The number of nitrogens with one attached hydrogen (secondary N) is 1. The molecule has 15 heteroatoms. The molecule has 3 N–H and O–H groups in total. The second-order valence-electron chi connectivity index (χ2n) is 13.1. The largest absolute Gasteiger partial charge is 0.446 e. The summed E-state index contributed by atoms with van der Waals surface area (Å²) in [4.78, 5) is 5.04. The summed E-state index contributed by atoms with van der Waals surface area (Å²) in [6.45, 7) is 8.28. The molecule has 0 unspecified atom stereocenters. The highest BCUT2D eigenvalue weighted by Crippen LogP contribution is 2.45. The highest BCUT2D eigenvalue weighted by atomic mass is 35.5. The summed E-state index contributed by atoms with van der Waals surface area (Å²) in [7, 11) is -3.72. The molecule has 1 aromatic heterocycles. The van der Waals surface area contributed by atoms with E-state index >= 15 is 4.39 Å². The number of piperazine rings is 1. The van der Waals surface area contributed by atoms with Crippen molar-refractivity contribution in [3.05, 3.63) is 101 Å². The van der Waals surface area contributed by atoms with E-state index < -0.39 is 21.2 Å². The van der Waals surface area contributed by atoms with Gasteiger partial charge >= 0.3 is 5.51 Å². The van der Waals surface area contributed by atoms with Crippen molar-refractivity contribution in [3.8, 4) is 22.4 Å². The zero-order valence-corrected chi connectivity index (χ0v) is 32.5. The number of hydrogen-bond acceptors (Lipinski definition) is 8. The van der Waals surface area contributed by atoms with E-state index in [4.69, 9.17) is 17.3 Å². The molecule has 0 aliphatic carbocycles. The normalized spacial score (nSPS) is 13.9. The number of nitrogens with two attached hydrogens (primary N) is 1. The lowest BCUT2D eigenvalue weighted by molar-refractivity contribution is -0.0328. The first-order valence-corrected chi connectivity index (χ1v) is 20.6. The van der Waals surface area contributed by atoms with Crippen molar-refractivity contribution in [1.82, 2.24) is 4.57 Å². The molecule has 4 aromatic carbocycles. The van der Waals surface area contributed by atoms with Gasteiger partial charge in [-0.25, -0.2) is 12.8 Å². The van der Waals surface area contributed by atoms with E-state index in [1.165, 1.54) is 42.5 Å². The summed E-state index contributed by atoms with van der Waals surface area (Å²) in [6.07, 6.45) is 1.19. The molecule has 0 spiro atoms. The molecule has 7 nitrogen and oxygen atoms in total. The minimum Gasteiger partial charge on any atom is -0.398 e. The lowest BCUT2D eigenvalue weighted by Crippen LogP contribution is -2.46. The van der Waals surface area contributed by atoms with Crippen molar-refractivity contribution in [1.29, 1.82) is 0 Å². The summed E-state index contributed by atoms with van der Waals surface area (Å²) < 4.78 is 86.1. The van der Waals surface area contributed by atoms with Crippen molar-refractivity contribution in [2.75, 3.05) is 52.7 Å². The maximum absolute atomic E-state index is 15.5. The van der Waals surface area contributed by atoms with Crippen molar-refractivity contribution in [2.24, 2.45) is 0 Å². The maximum atomic E-state index is 15.5. The molecule has 0 saturated carbocycles. The molecule has 280 valence electrons. The summed E-state index contributed by atoms with van der Waals surface area (Å²) in [5, 5.41) is 0.550. The summed E-state index contributed by atoms with van der Waals surface area (Å²) in [6, 6.07) is 24.2. The maximum Gasteiger partial charge on any atom is 0.446 e. The number of anilines is 4. The molecule has 1 aliphatic heterocycles. The third-order valence-electron chi connectivity index (χ3n) is 8.95. The molecular formula is C38H38ClF4N5O2S3. The lowest BCUT2D eigenvalue weighted by Gasteiger charge is -2.37. The van der Waals surface area contributed by atoms with Crippen LogP contribution in [0.4, 0.5) is 40.3 Å². The Kier molecular flexibility index (Phi) is 11.3. The van der Waals surface area contributed by atoms with Crippen LogP contribution in [-0.4, -0.2) is 50.9 Å². The Morgan fingerprint density at radius 2 is 1.47 bits per heavy atom. The number of nitrogen functional groups attached to an aromatic ring is 1. The van der Waals surface area contributed by atoms with Crippen LogP contribution in [-0.2, 0) is 9.84 Å². The van der Waals surface area contributed by atoms with Gasteiger partial charge in [0.2, 0.25) is 0 Å². The molecule has 0 bridgehead atoms. The van der Waals surface area contributed by atoms with Crippen LogP contribution in [0.1, 0.15) is 25.6 Å². The molecule has 1 saturated heterocycles. The van der Waals surface area contributed by atoms with Gasteiger partial charge in [-0.2, -0.15) is 13.2 Å². The van der Waals surface area contributed by atoms with E-state index in [2.05, 4.69) is 14.5 Å². The van der Waals surface area contributed by atoms with Gasteiger partial charge in [-0.1, -0.05) is 23.7 Å². The smallest absolute Gasteiger partial charge is 0.398 e. The van der Waals surface area contributed by atoms with Crippen molar-refractivity contribution in [2.45, 2.75) is 47.0 Å². The zero-order valence-electron chi connectivity index (χ0n) is 29.3. The second-order valence-corrected chi connectivity index (χ2v) is 17.4. The fourth-order valence-corrected chi connectivity index (χ4v) is 9.44. The predicted molar refractivity (Wildman–Crippen MR) is 212 cm³/mol. The Bertz CT molecular complexity index is 2220. The van der Waals surface area contributed by atoms with E-state index in [-0.39, 0.29) is 33.3 Å². The van der Waals surface area contributed by atoms with Crippen LogP contribution in [0, 0.1) is 12.7 Å². The number of rotatable bonds is 10. The molecular weight excluding hydrogens is 766 g/mol. The van der Waals surface area contributed by atoms with E-state index in [0.29, 0.717) is 64.3 Å². The van der Waals surface area contributed by atoms with Gasteiger partial charge in [0.1, 0.15) is 5.82 Å². The molecule has 2 heterocycles. The van der Waals surface area contributed by atoms with Gasteiger partial charge in [-0.15, -0.1) is 0 Å². The molecule has 0 atom stereocenters. The number of thioether (sulfide) groups is 1. The number of sulfone groups is 1. The van der Waals surface area contributed by atoms with E-state index in [1.54, 1.807) is 25.1 Å². The van der Waals surface area contributed by atoms with Gasteiger partial charge in [0, 0.05) is 87.3 Å². The first kappa shape index (κ1) is 38.7. The second kappa shape index (κ2) is 15.4. The van der Waals surface area contributed by atoms with Crippen LogP contribution in [0.3, 0.4) is 0 Å². The quantitative estimate of drug-likeness (QED) is 0.0625. The molecule has 0 radical (unpaired) electrons. The minimum absolute atomic E-state index is 0.0464. The first-order chi connectivity index (χ1) is 25.0. The van der Waals surface area contributed by atoms with E-state index in [0.717, 1.165) is 16.9 Å². The molecule has 5 aromatic rings. The number of alkyl halides is 3. The summed E-state index contributed by atoms with van der Waals surface area (Å²) in [5.41, 5.74) is 6.79. The summed E-state index contributed by atoms with van der Waals surface area (Å²) >= 11 is 7.17. The van der Waals surface area contributed by atoms with Gasteiger partial charge in [-0.3, -0.25) is 0 Å². The number of benzene rings is 4. The summed E-state index contributed by atoms with van der Waals surface area (Å²) in [5.74, 6) is -0.466. The lowest BCUT2D eigenvalue weighted by atomic mass is 9.99. The standard InChI is InChI=1S/C38H38ClF4N5O2S3/c1-23(2)48-24(3)37(53(4,49)50)35(36(48)25-5-7-27(39)8-6-25)26-19-28(40)21-31(20-26)47-17-15-46(16-18-47)30-11-9-29(10-12-30)45-52-32-13-14-33(44)34(22-32)51-38(41,42)43/h5-14,19-23,45H,15-18,44H2,1-4H3. The SMILES string of the molecule is Cc1c(S(C)(=O)=O)c(-c2cc(F)cc(N3CCN(c4ccc(NSc5ccc(N)c(SC(F)(F)F)c5)cc4)CC3)c2)c(-c2ccc(Cl)cc2)n1C(C)C. The topological polar surface area (TPSA) is 83.6 Å². The first-order valence-electron chi connectivity index (χ1n) is 16.7. The van der Waals surface area contributed by atoms with Crippen molar-refractivity contribution >= 4 is 67.9 Å². The van der Waals surface area contributed by atoms with E-state index in [1.807, 2.05) is 60.9 Å². The monoisotopic (exact) mass is 803 g/mol. The van der Waals surface area contributed by atoms with Gasteiger partial charge in [0.15, 0.2) is 9.84 Å². The average molecular weight is 804 g/mol.